The van der Waals surface area contributed by atoms with Gasteiger partial charge in [-0.2, -0.15) is 0 Å². The van der Waals surface area contributed by atoms with E-state index in [1.54, 1.807) is 13.0 Å². The first-order chi connectivity index (χ1) is 14.1. The van der Waals surface area contributed by atoms with Crippen molar-refractivity contribution in [2.24, 2.45) is 0 Å². The smallest absolute Gasteiger partial charge is 0.243 e. The fourth-order valence-electron chi connectivity index (χ4n) is 3.31. The third-order valence-electron chi connectivity index (χ3n) is 4.87. The van der Waals surface area contributed by atoms with Crippen LogP contribution in [0.3, 0.4) is 0 Å². The van der Waals surface area contributed by atoms with Gasteiger partial charge in [-0.25, -0.2) is 8.42 Å². The summed E-state index contributed by atoms with van der Waals surface area (Å²) in [7, 11) is -3.62. The summed E-state index contributed by atoms with van der Waals surface area (Å²) in [5.74, 6) is 0.531. The monoisotopic (exact) mass is 432 g/mol. The Kier molecular flexibility index (Phi) is 8.29. The molecule has 6 nitrogen and oxygen atoms in total. The molecule has 0 bridgehead atoms. The zero-order valence-electron chi connectivity index (χ0n) is 18.4. The summed E-state index contributed by atoms with van der Waals surface area (Å²) in [6, 6.07) is 12.6. The van der Waals surface area contributed by atoms with E-state index in [2.05, 4.69) is 5.32 Å². The lowest BCUT2D eigenvalue weighted by Gasteiger charge is -2.29. The molecule has 7 heteroatoms. The number of hydrogen-bond donors (Lipinski definition) is 1. The number of nitrogens with zero attached hydrogens (tertiary/aromatic N) is 1. The van der Waals surface area contributed by atoms with Crippen molar-refractivity contribution in [3.8, 4) is 5.75 Å². The van der Waals surface area contributed by atoms with Gasteiger partial charge in [0.15, 0.2) is 0 Å². The van der Waals surface area contributed by atoms with E-state index < -0.39 is 16.1 Å². The molecule has 0 aromatic heterocycles. The number of rotatable bonds is 10. The molecule has 30 heavy (non-hydrogen) atoms. The first-order valence-corrected chi connectivity index (χ1v) is 12.0. The van der Waals surface area contributed by atoms with Gasteiger partial charge in [-0.3, -0.25) is 9.10 Å². The maximum atomic E-state index is 12.7. The van der Waals surface area contributed by atoms with Crippen LogP contribution in [-0.2, 0) is 21.2 Å². The highest BCUT2D eigenvalue weighted by Gasteiger charge is 2.29. The van der Waals surface area contributed by atoms with Crippen LogP contribution in [0.2, 0.25) is 0 Å². The van der Waals surface area contributed by atoms with Crippen LogP contribution in [0.15, 0.2) is 42.5 Å². The van der Waals surface area contributed by atoms with Gasteiger partial charge in [0.05, 0.1) is 18.6 Å². The van der Waals surface area contributed by atoms with E-state index in [1.807, 2.05) is 57.2 Å². The third-order valence-corrected chi connectivity index (χ3v) is 6.09. The molecule has 0 aliphatic rings. The summed E-state index contributed by atoms with van der Waals surface area (Å²) in [6.07, 6.45) is 2.70. The Morgan fingerprint density at radius 1 is 1.13 bits per heavy atom. The lowest BCUT2D eigenvalue weighted by molar-refractivity contribution is -0.121. The third kappa shape index (κ3) is 6.49. The van der Waals surface area contributed by atoms with Gasteiger partial charge < -0.3 is 10.1 Å². The van der Waals surface area contributed by atoms with E-state index in [1.165, 1.54) is 4.31 Å². The standard InChI is InChI=1S/C23H32N2O4S/c1-6-29-21-13-11-20(12-14-21)8-7-15-24-23(26)19(4)25(30(5,27)28)22-16-17(2)9-10-18(22)3/h9-14,16,19H,6-8,15H2,1-5H3,(H,24,26)/t19-/m0/s1. The van der Waals surface area contributed by atoms with Crippen LogP contribution in [0, 0.1) is 13.8 Å². The highest BCUT2D eigenvalue weighted by molar-refractivity contribution is 7.92. The Hall–Kier alpha value is -2.54. The van der Waals surface area contributed by atoms with Crippen molar-refractivity contribution >= 4 is 21.6 Å². The van der Waals surface area contributed by atoms with Crippen molar-refractivity contribution in [2.75, 3.05) is 23.7 Å². The van der Waals surface area contributed by atoms with Crippen LogP contribution < -0.4 is 14.4 Å². The van der Waals surface area contributed by atoms with Gasteiger partial charge >= 0.3 is 0 Å². The number of anilines is 1. The molecular formula is C23H32N2O4S. The number of nitrogens with one attached hydrogen (secondary N) is 1. The Morgan fingerprint density at radius 2 is 1.80 bits per heavy atom. The number of hydrogen-bond acceptors (Lipinski definition) is 4. The molecular weight excluding hydrogens is 400 g/mol. The Morgan fingerprint density at radius 3 is 2.40 bits per heavy atom. The SMILES string of the molecule is CCOc1ccc(CCCNC(=O)[C@H](C)N(c2cc(C)ccc2C)S(C)(=O)=O)cc1. The lowest BCUT2D eigenvalue weighted by Crippen LogP contribution is -2.48. The predicted molar refractivity (Wildman–Crippen MR) is 122 cm³/mol. The summed E-state index contributed by atoms with van der Waals surface area (Å²) in [4.78, 5) is 12.7. The quantitative estimate of drug-likeness (QED) is 0.582. The molecule has 0 aliphatic heterocycles. The molecule has 1 atom stereocenters. The molecule has 1 amide bonds. The molecule has 1 N–H and O–H groups in total. The molecule has 0 saturated heterocycles. The van der Waals surface area contributed by atoms with E-state index in [0.29, 0.717) is 18.8 Å². The number of amides is 1. The minimum atomic E-state index is -3.62. The van der Waals surface area contributed by atoms with Gasteiger partial charge in [-0.1, -0.05) is 24.3 Å². The van der Waals surface area contributed by atoms with E-state index in [-0.39, 0.29) is 5.91 Å². The van der Waals surface area contributed by atoms with Crippen LogP contribution in [0.25, 0.3) is 0 Å². The van der Waals surface area contributed by atoms with Gasteiger partial charge in [0, 0.05) is 6.54 Å². The number of carbonyl (C=O) groups is 1. The zero-order chi connectivity index (χ0) is 22.3. The Bertz CT molecular complexity index is 956. The first-order valence-electron chi connectivity index (χ1n) is 10.2. The van der Waals surface area contributed by atoms with Gasteiger partial charge in [-0.05, 0) is 75.4 Å². The zero-order valence-corrected chi connectivity index (χ0v) is 19.3. The van der Waals surface area contributed by atoms with E-state index in [0.717, 1.165) is 41.5 Å². The minimum absolute atomic E-state index is 0.312. The van der Waals surface area contributed by atoms with Gasteiger partial charge in [0.25, 0.3) is 0 Å². The van der Waals surface area contributed by atoms with Crippen molar-refractivity contribution in [3.63, 3.8) is 0 Å². The number of sulfonamides is 1. The normalized spacial score (nSPS) is 12.3. The molecule has 2 rings (SSSR count). The number of carbonyl (C=O) groups excluding carboxylic acids is 1. The maximum absolute atomic E-state index is 12.7. The van der Waals surface area contributed by atoms with Crippen LogP contribution in [0.5, 0.6) is 5.75 Å². The minimum Gasteiger partial charge on any atom is -0.494 e. The van der Waals surface area contributed by atoms with E-state index in [9.17, 15) is 13.2 Å². The summed E-state index contributed by atoms with van der Waals surface area (Å²) in [5.41, 5.74) is 3.44. The van der Waals surface area contributed by atoms with E-state index in [4.69, 9.17) is 4.74 Å². The largest absolute Gasteiger partial charge is 0.494 e. The molecule has 164 valence electrons. The van der Waals surface area contributed by atoms with Crippen molar-refractivity contribution in [1.29, 1.82) is 0 Å². The van der Waals surface area contributed by atoms with Crippen LogP contribution in [0.1, 0.15) is 37.0 Å². The maximum Gasteiger partial charge on any atom is 0.243 e. The second-order valence-corrected chi connectivity index (χ2v) is 9.36. The van der Waals surface area contributed by atoms with Gasteiger partial charge in [-0.15, -0.1) is 0 Å². The fourth-order valence-corrected chi connectivity index (χ4v) is 4.53. The average Bonchev–Trinajstić information content (AvgIpc) is 2.68. The summed E-state index contributed by atoms with van der Waals surface area (Å²) < 4.78 is 31.6. The molecule has 0 unspecified atom stereocenters. The predicted octanol–water partition coefficient (Wildman–Crippen LogP) is 3.61. The molecule has 0 spiro atoms. The highest BCUT2D eigenvalue weighted by atomic mass is 32.2. The second-order valence-electron chi connectivity index (χ2n) is 7.50. The second kappa shape index (κ2) is 10.5. The van der Waals surface area contributed by atoms with Crippen molar-refractivity contribution in [1.82, 2.24) is 5.32 Å². The van der Waals surface area contributed by atoms with Crippen LogP contribution in [0.4, 0.5) is 5.69 Å². The molecule has 2 aromatic rings. The Balaban J connectivity index is 1.98. The average molecular weight is 433 g/mol. The highest BCUT2D eigenvalue weighted by Crippen LogP contribution is 2.26. The number of aryl methyl sites for hydroxylation is 3. The summed E-state index contributed by atoms with van der Waals surface area (Å²) in [6.45, 7) is 8.41. The van der Waals surface area contributed by atoms with Crippen molar-refractivity contribution < 1.29 is 17.9 Å². The fraction of sp³-hybridized carbons (Fsp3) is 0.435. The molecule has 0 radical (unpaired) electrons. The lowest BCUT2D eigenvalue weighted by atomic mass is 10.1. The molecule has 0 heterocycles. The molecule has 0 aliphatic carbocycles. The molecule has 2 aromatic carbocycles. The van der Waals surface area contributed by atoms with Crippen LogP contribution >= 0.6 is 0 Å². The van der Waals surface area contributed by atoms with Crippen molar-refractivity contribution in [3.05, 3.63) is 59.2 Å². The summed E-state index contributed by atoms with van der Waals surface area (Å²) in [5, 5.41) is 2.87. The molecule has 0 saturated carbocycles. The van der Waals surface area contributed by atoms with E-state index >= 15 is 0 Å². The molecule has 0 fully saturated rings. The van der Waals surface area contributed by atoms with Gasteiger partial charge in [0.1, 0.15) is 11.8 Å². The Labute approximate surface area is 180 Å². The van der Waals surface area contributed by atoms with Gasteiger partial charge in [0.2, 0.25) is 15.9 Å². The van der Waals surface area contributed by atoms with Crippen molar-refractivity contribution in [2.45, 2.75) is 46.6 Å². The summed E-state index contributed by atoms with van der Waals surface area (Å²) >= 11 is 0. The van der Waals surface area contributed by atoms with Crippen LogP contribution in [-0.4, -0.2) is 39.8 Å². The number of ether oxygens (including phenoxy) is 1. The topological polar surface area (TPSA) is 75.7 Å². The number of benzene rings is 2. The first kappa shape index (κ1) is 23.7.